The van der Waals surface area contributed by atoms with Crippen LogP contribution in [-0.2, 0) is 0 Å². The van der Waals surface area contributed by atoms with Crippen molar-refractivity contribution in [2.24, 2.45) is 0 Å². The summed E-state index contributed by atoms with van der Waals surface area (Å²) in [7, 11) is 0. The van der Waals surface area contributed by atoms with Crippen molar-refractivity contribution in [1.29, 1.82) is 0 Å². The minimum Gasteiger partial charge on any atom is -0.488 e. The molecule has 2 aromatic rings. The second-order valence-corrected chi connectivity index (χ2v) is 4.92. The molecular weight excluding hydrogens is 252 g/mol. The molecule has 0 N–H and O–H groups in total. The lowest BCUT2D eigenvalue weighted by Crippen LogP contribution is -2.15. The van der Waals surface area contributed by atoms with E-state index in [0.29, 0.717) is 24.0 Å². The first-order valence-electron chi connectivity index (χ1n) is 6.69. The Morgan fingerprint density at radius 2 is 2.30 bits per heavy atom. The van der Waals surface area contributed by atoms with Gasteiger partial charge in [0.2, 0.25) is 0 Å². The molecule has 0 fully saturated rings. The first kappa shape index (κ1) is 12.7. The molecule has 1 aliphatic rings. The Hall–Kier alpha value is -2.36. The predicted octanol–water partition coefficient (Wildman–Crippen LogP) is 3.12. The van der Waals surface area contributed by atoms with E-state index in [1.54, 1.807) is 6.07 Å². The second-order valence-electron chi connectivity index (χ2n) is 4.92. The number of ether oxygens (including phenoxy) is 1. The minimum absolute atomic E-state index is 0.425. The van der Waals surface area contributed by atoms with Gasteiger partial charge in [0.25, 0.3) is 0 Å². The van der Waals surface area contributed by atoms with Gasteiger partial charge in [0, 0.05) is 24.0 Å². The van der Waals surface area contributed by atoms with Gasteiger partial charge in [-0.1, -0.05) is 18.2 Å². The van der Waals surface area contributed by atoms with E-state index in [4.69, 9.17) is 4.74 Å². The third kappa shape index (κ3) is 2.25. The monoisotopic (exact) mass is 268 g/mol. The maximum absolute atomic E-state index is 11.0. The largest absolute Gasteiger partial charge is 0.488 e. The van der Waals surface area contributed by atoms with Gasteiger partial charge < -0.3 is 9.30 Å². The van der Waals surface area contributed by atoms with Gasteiger partial charge >= 0.3 is 0 Å². The topological polar surface area (TPSA) is 44.1 Å². The molecule has 1 aromatic heterocycles. The van der Waals surface area contributed by atoms with Crippen molar-refractivity contribution in [2.45, 2.75) is 19.4 Å². The lowest BCUT2D eigenvalue weighted by atomic mass is 10.1. The Labute approximate surface area is 117 Å². The number of imidazole rings is 1. The maximum Gasteiger partial charge on any atom is 0.153 e. The SMILES string of the molecule is CC1CC=C(COc2ccccc2C=O)c2nccn21. The summed E-state index contributed by atoms with van der Waals surface area (Å²) in [5.74, 6) is 1.56. The molecule has 0 radical (unpaired) electrons. The molecule has 2 heterocycles. The third-order valence-corrected chi connectivity index (χ3v) is 3.57. The predicted molar refractivity (Wildman–Crippen MR) is 76.9 cm³/mol. The number of allylic oxidation sites excluding steroid dienone is 1. The van der Waals surface area contributed by atoms with E-state index in [0.717, 1.165) is 24.1 Å². The van der Waals surface area contributed by atoms with Crippen LogP contribution in [0.25, 0.3) is 5.57 Å². The average molecular weight is 268 g/mol. The number of aromatic nitrogens is 2. The molecule has 1 aliphatic heterocycles. The van der Waals surface area contributed by atoms with E-state index in [2.05, 4.69) is 22.6 Å². The molecule has 1 aromatic carbocycles. The first-order valence-corrected chi connectivity index (χ1v) is 6.69. The van der Waals surface area contributed by atoms with E-state index in [-0.39, 0.29) is 0 Å². The Morgan fingerprint density at radius 3 is 3.15 bits per heavy atom. The van der Waals surface area contributed by atoms with E-state index in [1.807, 2.05) is 30.6 Å². The highest BCUT2D eigenvalue weighted by molar-refractivity contribution is 5.79. The molecule has 4 nitrogen and oxygen atoms in total. The van der Waals surface area contributed by atoms with Gasteiger partial charge in [0.1, 0.15) is 18.2 Å². The fraction of sp³-hybridized carbons (Fsp3) is 0.250. The number of hydrogen-bond donors (Lipinski definition) is 0. The third-order valence-electron chi connectivity index (χ3n) is 3.57. The summed E-state index contributed by atoms with van der Waals surface area (Å²) in [6, 6.07) is 7.67. The standard InChI is InChI=1S/C16H16N2O2/c1-12-6-7-14(16-17-8-9-18(12)16)11-20-15-5-3-2-4-13(15)10-19/h2-5,7-10,12H,6,11H2,1H3. The van der Waals surface area contributed by atoms with Crippen molar-refractivity contribution in [3.05, 3.63) is 54.1 Å². The molecule has 102 valence electrons. The molecular formula is C16H16N2O2. The smallest absolute Gasteiger partial charge is 0.153 e. The maximum atomic E-state index is 11.0. The summed E-state index contributed by atoms with van der Waals surface area (Å²) >= 11 is 0. The van der Waals surface area contributed by atoms with Gasteiger partial charge in [-0.05, 0) is 25.5 Å². The van der Waals surface area contributed by atoms with Crippen LogP contribution < -0.4 is 4.74 Å². The van der Waals surface area contributed by atoms with Gasteiger partial charge in [-0.3, -0.25) is 4.79 Å². The number of rotatable bonds is 4. The van der Waals surface area contributed by atoms with Crippen LogP contribution in [0, 0.1) is 0 Å². The van der Waals surface area contributed by atoms with Crippen LogP contribution in [0.2, 0.25) is 0 Å². The number of benzene rings is 1. The van der Waals surface area contributed by atoms with Gasteiger partial charge in [-0.25, -0.2) is 4.98 Å². The number of hydrogen-bond acceptors (Lipinski definition) is 3. The molecule has 0 aliphatic carbocycles. The van der Waals surface area contributed by atoms with Crippen LogP contribution >= 0.6 is 0 Å². The number of nitrogens with zero attached hydrogens (tertiary/aromatic N) is 2. The normalized spacial score (nSPS) is 17.2. The number of carbonyl (C=O) groups excluding carboxylic acids is 1. The number of carbonyl (C=O) groups is 1. The summed E-state index contributed by atoms with van der Waals surface area (Å²) in [6.07, 6.45) is 7.75. The molecule has 0 spiro atoms. The lowest BCUT2D eigenvalue weighted by molar-refractivity contribution is 0.112. The molecule has 0 bridgehead atoms. The van der Waals surface area contributed by atoms with Crippen molar-refractivity contribution < 1.29 is 9.53 Å². The van der Waals surface area contributed by atoms with Gasteiger partial charge in [-0.15, -0.1) is 0 Å². The summed E-state index contributed by atoms with van der Waals surface area (Å²) in [5.41, 5.74) is 1.63. The number of aldehydes is 1. The van der Waals surface area contributed by atoms with Crippen molar-refractivity contribution >= 4 is 11.9 Å². The fourth-order valence-corrected chi connectivity index (χ4v) is 2.42. The second kappa shape index (κ2) is 5.33. The van der Waals surface area contributed by atoms with E-state index < -0.39 is 0 Å². The number of para-hydroxylation sites is 1. The Bertz CT molecular complexity index is 658. The van der Waals surface area contributed by atoms with E-state index >= 15 is 0 Å². The van der Waals surface area contributed by atoms with Crippen LogP contribution in [-0.4, -0.2) is 22.4 Å². The number of fused-ring (bicyclic) bond motifs is 1. The molecule has 1 atom stereocenters. The van der Waals surface area contributed by atoms with Crippen molar-refractivity contribution in [3.63, 3.8) is 0 Å². The Morgan fingerprint density at radius 1 is 1.45 bits per heavy atom. The van der Waals surface area contributed by atoms with Crippen molar-refractivity contribution in [3.8, 4) is 5.75 Å². The Kier molecular flexibility index (Phi) is 3.37. The van der Waals surface area contributed by atoms with Crippen LogP contribution in [0.1, 0.15) is 35.6 Å². The van der Waals surface area contributed by atoms with E-state index in [1.165, 1.54) is 0 Å². The lowest BCUT2D eigenvalue weighted by Gasteiger charge is -2.22. The zero-order valence-electron chi connectivity index (χ0n) is 11.3. The van der Waals surface area contributed by atoms with E-state index in [9.17, 15) is 4.79 Å². The first-order chi connectivity index (χ1) is 9.79. The van der Waals surface area contributed by atoms with Crippen molar-refractivity contribution in [2.75, 3.05) is 6.61 Å². The van der Waals surface area contributed by atoms with Crippen LogP contribution in [0.3, 0.4) is 0 Å². The van der Waals surface area contributed by atoms with Gasteiger partial charge in [0.05, 0.1) is 5.56 Å². The van der Waals surface area contributed by atoms with Crippen molar-refractivity contribution in [1.82, 2.24) is 9.55 Å². The zero-order valence-corrected chi connectivity index (χ0v) is 11.3. The highest BCUT2D eigenvalue weighted by Gasteiger charge is 2.18. The molecule has 3 rings (SSSR count). The highest BCUT2D eigenvalue weighted by Crippen LogP contribution is 2.27. The minimum atomic E-state index is 0.425. The molecule has 1 unspecified atom stereocenters. The summed E-state index contributed by atoms with van der Waals surface area (Å²) in [6.45, 7) is 2.59. The molecule has 0 saturated heterocycles. The molecule has 0 saturated carbocycles. The fourth-order valence-electron chi connectivity index (χ4n) is 2.42. The molecule has 20 heavy (non-hydrogen) atoms. The molecule has 0 amide bonds. The quantitative estimate of drug-likeness (QED) is 0.800. The van der Waals surface area contributed by atoms with Gasteiger partial charge in [-0.2, -0.15) is 0 Å². The van der Waals surface area contributed by atoms with Crippen LogP contribution in [0.15, 0.2) is 42.7 Å². The summed E-state index contributed by atoms with van der Waals surface area (Å²) in [5, 5.41) is 0. The molecule has 4 heteroatoms. The average Bonchev–Trinajstić information content (AvgIpc) is 2.97. The van der Waals surface area contributed by atoms with Crippen LogP contribution in [0.4, 0.5) is 0 Å². The summed E-state index contributed by atoms with van der Waals surface area (Å²) in [4.78, 5) is 15.4. The highest BCUT2D eigenvalue weighted by atomic mass is 16.5. The zero-order chi connectivity index (χ0) is 13.9. The Balaban J connectivity index is 1.78. The van der Waals surface area contributed by atoms with Gasteiger partial charge in [0.15, 0.2) is 6.29 Å². The van der Waals surface area contributed by atoms with Crippen LogP contribution in [0.5, 0.6) is 5.75 Å². The summed E-state index contributed by atoms with van der Waals surface area (Å²) < 4.78 is 7.93.